The van der Waals surface area contributed by atoms with Gasteiger partial charge in [-0.3, -0.25) is 4.98 Å². The molecule has 134 valence electrons. The lowest BCUT2D eigenvalue weighted by molar-refractivity contribution is -0.00000510. The summed E-state index contributed by atoms with van der Waals surface area (Å²) in [4.78, 5) is 4.37. The molecule has 0 radical (unpaired) electrons. The number of hydrogen-bond donors (Lipinski definition) is 0. The molecule has 0 aliphatic heterocycles. The van der Waals surface area contributed by atoms with E-state index in [1.54, 1.807) is 0 Å². The highest BCUT2D eigenvalue weighted by molar-refractivity contribution is 7.95. The average molecular weight is 434 g/mol. The van der Waals surface area contributed by atoms with Crippen molar-refractivity contribution in [1.29, 1.82) is 0 Å². The third-order valence-corrected chi connectivity index (χ3v) is 9.11. The standard InChI is InChI=1S/C24H21NP.BrH/c1-4-12-22(13-5-1)26(23-14-6-2-7-15-23,24-16-8-3-9-17-24)20-21-11-10-18-25-19-21;/h1-19H,20H2;1H/q+1;/p-1. The van der Waals surface area contributed by atoms with Crippen molar-refractivity contribution in [2.45, 2.75) is 6.16 Å². The van der Waals surface area contributed by atoms with Gasteiger partial charge in [0.25, 0.3) is 0 Å². The maximum atomic E-state index is 4.37. The predicted molar refractivity (Wildman–Crippen MR) is 113 cm³/mol. The minimum atomic E-state index is -1.82. The van der Waals surface area contributed by atoms with Crippen LogP contribution in [-0.4, -0.2) is 4.98 Å². The molecule has 1 heterocycles. The van der Waals surface area contributed by atoms with Crippen molar-refractivity contribution in [3.05, 3.63) is 121 Å². The van der Waals surface area contributed by atoms with Crippen LogP contribution in [0.4, 0.5) is 0 Å². The quantitative estimate of drug-likeness (QED) is 0.435. The Morgan fingerprint density at radius 3 is 1.37 bits per heavy atom. The van der Waals surface area contributed by atoms with Crippen LogP contribution in [0.2, 0.25) is 0 Å². The summed E-state index contributed by atoms with van der Waals surface area (Å²) < 4.78 is 0. The highest BCUT2D eigenvalue weighted by atomic mass is 79.9. The maximum absolute atomic E-state index is 4.37. The predicted octanol–water partition coefficient (Wildman–Crippen LogP) is 1.58. The van der Waals surface area contributed by atoms with Gasteiger partial charge in [0.15, 0.2) is 0 Å². The van der Waals surface area contributed by atoms with Crippen molar-refractivity contribution in [3.8, 4) is 0 Å². The van der Waals surface area contributed by atoms with Crippen molar-refractivity contribution in [2.75, 3.05) is 0 Å². The Bertz CT molecular complexity index is 848. The number of hydrogen-bond acceptors (Lipinski definition) is 1. The van der Waals surface area contributed by atoms with Gasteiger partial charge in [0.05, 0.1) is 6.16 Å². The molecule has 0 amide bonds. The van der Waals surface area contributed by atoms with E-state index in [1.165, 1.54) is 21.5 Å². The summed E-state index contributed by atoms with van der Waals surface area (Å²) in [5.41, 5.74) is 1.28. The van der Waals surface area contributed by atoms with E-state index in [-0.39, 0.29) is 17.0 Å². The second-order valence-electron chi connectivity index (χ2n) is 6.34. The van der Waals surface area contributed by atoms with Gasteiger partial charge in [-0.25, -0.2) is 0 Å². The molecular formula is C24H21BrNP. The van der Waals surface area contributed by atoms with Crippen molar-refractivity contribution in [3.63, 3.8) is 0 Å². The molecule has 0 spiro atoms. The number of aromatic nitrogens is 1. The van der Waals surface area contributed by atoms with Crippen LogP contribution in [0, 0.1) is 0 Å². The molecule has 3 heteroatoms. The van der Waals surface area contributed by atoms with Gasteiger partial charge in [0, 0.05) is 18.0 Å². The molecule has 1 aromatic heterocycles. The van der Waals surface area contributed by atoms with E-state index in [9.17, 15) is 0 Å². The Kier molecular flexibility index (Phi) is 6.55. The van der Waals surface area contributed by atoms with Gasteiger partial charge in [-0.2, -0.15) is 0 Å². The molecule has 3 aromatic carbocycles. The van der Waals surface area contributed by atoms with E-state index in [4.69, 9.17) is 0 Å². The summed E-state index contributed by atoms with van der Waals surface area (Å²) in [7, 11) is -1.82. The zero-order valence-electron chi connectivity index (χ0n) is 14.9. The van der Waals surface area contributed by atoms with Gasteiger partial charge in [0.2, 0.25) is 0 Å². The van der Waals surface area contributed by atoms with E-state index in [1.807, 2.05) is 18.5 Å². The number of pyridine rings is 1. The Labute approximate surface area is 172 Å². The fourth-order valence-electron chi connectivity index (χ4n) is 3.53. The largest absolute Gasteiger partial charge is 1.00 e. The van der Waals surface area contributed by atoms with E-state index >= 15 is 0 Å². The third kappa shape index (κ3) is 4.03. The number of rotatable bonds is 5. The van der Waals surface area contributed by atoms with Crippen LogP contribution in [0.5, 0.6) is 0 Å². The van der Waals surface area contributed by atoms with Crippen LogP contribution in [0.15, 0.2) is 116 Å². The number of halogens is 1. The van der Waals surface area contributed by atoms with Crippen LogP contribution in [0.1, 0.15) is 5.56 Å². The number of benzene rings is 3. The lowest BCUT2D eigenvalue weighted by Gasteiger charge is -2.27. The molecule has 0 unspecified atom stereocenters. The molecule has 0 bridgehead atoms. The second kappa shape index (κ2) is 9.08. The monoisotopic (exact) mass is 433 g/mol. The third-order valence-electron chi connectivity index (χ3n) is 4.73. The van der Waals surface area contributed by atoms with E-state index < -0.39 is 7.26 Å². The first-order chi connectivity index (χ1) is 12.9. The average Bonchev–Trinajstić information content (AvgIpc) is 2.75. The summed E-state index contributed by atoms with van der Waals surface area (Å²) in [5, 5.41) is 4.21. The summed E-state index contributed by atoms with van der Waals surface area (Å²) in [6.45, 7) is 0. The lowest BCUT2D eigenvalue weighted by Crippen LogP contribution is -3.00. The first-order valence-electron chi connectivity index (χ1n) is 8.83. The summed E-state index contributed by atoms with van der Waals surface area (Å²) in [5.74, 6) is 0. The van der Waals surface area contributed by atoms with E-state index in [2.05, 4.69) is 102 Å². The van der Waals surface area contributed by atoms with Gasteiger partial charge < -0.3 is 17.0 Å². The van der Waals surface area contributed by atoms with Crippen molar-refractivity contribution in [1.82, 2.24) is 4.98 Å². The van der Waals surface area contributed by atoms with E-state index in [0.717, 1.165) is 6.16 Å². The minimum Gasteiger partial charge on any atom is -1.00 e. The highest BCUT2D eigenvalue weighted by Crippen LogP contribution is 2.57. The van der Waals surface area contributed by atoms with Crippen LogP contribution in [0.25, 0.3) is 0 Å². The summed E-state index contributed by atoms with van der Waals surface area (Å²) >= 11 is 0. The molecule has 0 saturated heterocycles. The van der Waals surface area contributed by atoms with Gasteiger partial charge in [-0.05, 0) is 42.5 Å². The topological polar surface area (TPSA) is 12.9 Å². The Morgan fingerprint density at radius 2 is 1.00 bits per heavy atom. The fourth-order valence-corrected chi connectivity index (χ4v) is 7.75. The van der Waals surface area contributed by atoms with Gasteiger partial charge >= 0.3 is 0 Å². The molecule has 0 N–H and O–H groups in total. The zero-order valence-corrected chi connectivity index (χ0v) is 17.4. The molecule has 4 aromatic rings. The van der Waals surface area contributed by atoms with Crippen molar-refractivity contribution >= 4 is 23.2 Å². The van der Waals surface area contributed by atoms with Gasteiger partial charge in [-0.1, -0.05) is 60.7 Å². The molecule has 0 aliphatic carbocycles. The van der Waals surface area contributed by atoms with Gasteiger partial charge in [0.1, 0.15) is 23.2 Å². The Morgan fingerprint density at radius 1 is 0.556 bits per heavy atom. The number of nitrogens with zero attached hydrogens (tertiary/aromatic N) is 1. The molecule has 0 saturated carbocycles. The first-order valence-corrected chi connectivity index (χ1v) is 10.8. The second-order valence-corrected chi connectivity index (χ2v) is 9.82. The molecule has 4 rings (SSSR count). The van der Waals surface area contributed by atoms with Crippen LogP contribution < -0.4 is 32.9 Å². The molecule has 0 atom stereocenters. The van der Waals surface area contributed by atoms with Crippen LogP contribution in [0.3, 0.4) is 0 Å². The normalized spacial score (nSPS) is 10.8. The minimum absolute atomic E-state index is 0. The summed E-state index contributed by atoms with van der Waals surface area (Å²) in [6.07, 6.45) is 4.82. The SMILES string of the molecule is [Br-].c1ccc([P+](Cc2cccnc2)(c2ccccc2)c2ccccc2)cc1. The van der Waals surface area contributed by atoms with Crippen LogP contribution in [-0.2, 0) is 6.16 Å². The van der Waals surface area contributed by atoms with E-state index in [0.29, 0.717) is 0 Å². The summed E-state index contributed by atoms with van der Waals surface area (Å²) in [6, 6.07) is 37.1. The zero-order chi connectivity index (χ0) is 17.7. The molecule has 0 aliphatic rings. The molecule has 27 heavy (non-hydrogen) atoms. The molecule has 0 fully saturated rings. The Balaban J connectivity index is 0.00000210. The molecule has 1 nitrogen and oxygen atoms in total. The highest BCUT2D eigenvalue weighted by Gasteiger charge is 2.45. The van der Waals surface area contributed by atoms with Gasteiger partial charge in [-0.15, -0.1) is 0 Å². The fraction of sp³-hybridized carbons (Fsp3) is 0.0417. The first kappa shape index (κ1) is 19.5. The molecular weight excluding hydrogens is 413 g/mol. The van der Waals surface area contributed by atoms with Crippen molar-refractivity contribution < 1.29 is 17.0 Å². The Hall–Kier alpha value is -2.28. The maximum Gasteiger partial charge on any atom is 0.116 e. The van der Waals surface area contributed by atoms with Crippen molar-refractivity contribution in [2.24, 2.45) is 0 Å². The van der Waals surface area contributed by atoms with Crippen LogP contribution >= 0.6 is 7.26 Å². The lowest BCUT2D eigenvalue weighted by atomic mass is 10.3. The smallest absolute Gasteiger partial charge is 0.116 e.